The van der Waals surface area contributed by atoms with E-state index in [0.29, 0.717) is 18.5 Å². The molecule has 1 aliphatic heterocycles. The van der Waals surface area contributed by atoms with Crippen molar-refractivity contribution in [1.82, 2.24) is 4.90 Å². The largest absolute Gasteiger partial charge is 0.481 e. The van der Waals surface area contributed by atoms with E-state index in [2.05, 4.69) is 20.8 Å². The molecule has 1 aromatic rings. The summed E-state index contributed by atoms with van der Waals surface area (Å²) in [6, 6.07) is 7.59. The first-order valence-electron chi connectivity index (χ1n) is 7.27. The Bertz CT molecular complexity index is 574. The second kappa shape index (κ2) is 5.17. The van der Waals surface area contributed by atoms with Crippen LogP contribution in [0.3, 0.4) is 0 Å². The Balaban J connectivity index is 2.29. The van der Waals surface area contributed by atoms with Gasteiger partial charge in [0.1, 0.15) is 0 Å². The zero-order valence-corrected chi connectivity index (χ0v) is 13.1. The summed E-state index contributed by atoms with van der Waals surface area (Å²) in [4.78, 5) is 25.7. The van der Waals surface area contributed by atoms with Crippen molar-refractivity contribution in [3.05, 3.63) is 35.4 Å². The van der Waals surface area contributed by atoms with Crippen LogP contribution in [0.1, 0.15) is 50.0 Å². The first-order chi connectivity index (χ1) is 9.65. The van der Waals surface area contributed by atoms with E-state index < -0.39 is 11.4 Å². The van der Waals surface area contributed by atoms with Crippen LogP contribution < -0.4 is 0 Å². The number of carbonyl (C=O) groups excluding carboxylic acids is 1. The highest BCUT2D eigenvalue weighted by atomic mass is 16.4. The molecular formula is C17H23NO3. The fraction of sp³-hybridized carbons (Fsp3) is 0.529. The molecule has 0 radical (unpaired) electrons. The van der Waals surface area contributed by atoms with Crippen molar-refractivity contribution in [2.45, 2.75) is 39.5 Å². The molecule has 0 aliphatic carbocycles. The Hall–Kier alpha value is -1.84. The van der Waals surface area contributed by atoms with E-state index in [1.54, 1.807) is 11.8 Å². The molecule has 0 aromatic heterocycles. The van der Waals surface area contributed by atoms with E-state index in [0.717, 1.165) is 5.56 Å². The Kier molecular flexibility index (Phi) is 3.83. The van der Waals surface area contributed by atoms with Gasteiger partial charge >= 0.3 is 5.97 Å². The summed E-state index contributed by atoms with van der Waals surface area (Å²) in [6.07, 6.45) is 0.506. The topological polar surface area (TPSA) is 57.6 Å². The minimum absolute atomic E-state index is 0.0644. The van der Waals surface area contributed by atoms with E-state index in [1.807, 2.05) is 24.3 Å². The zero-order chi connectivity index (χ0) is 15.8. The van der Waals surface area contributed by atoms with Crippen LogP contribution in [0.2, 0.25) is 0 Å². The van der Waals surface area contributed by atoms with E-state index in [4.69, 9.17) is 0 Å². The van der Waals surface area contributed by atoms with Gasteiger partial charge in [0, 0.05) is 18.7 Å². The van der Waals surface area contributed by atoms with Crippen molar-refractivity contribution in [2.24, 2.45) is 5.41 Å². The Morgan fingerprint density at radius 2 is 1.86 bits per heavy atom. The van der Waals surface area contributed by atoms with Crippen LogP contribution in [0.5, 0.6) is 0 Å². The van der Waals surface area contributed by atoms with E-state index in [-0.39, 0.29) is 17.9 Å². The van der Waals surface area contributed by atoms with Crippen molar-refractivity contribution in [2.75, 3.05) is 13.1 Å². The fourth-order valence-corrected chi connectivity index (χ4v) is 2.80. The summed E-state index contributed by atoms with van der Waals surface area (Å²) in [7, 11) is 0. The SMILES string of the molecule is CC(C)(C)c1ccccc1C(=O)N1CC[C@@](C)(C(=O)O)C1. The molecule has 0 spiro atoms. The Morgan fingerprint density at radius 3 is 2.38 bits per heavy atom. The highest BCUT2D eigenvalue weighted by Crippen LogP contribution is 2.33. The lowest BCUT2D eigenvalue weighted by atomic mass is 9.83. The average Bonchev–Trinajstić information content (AvgIpc) is 2.81. The maximum atomic E-state index is 12.8. The molecule has 1 amide bonds. The van der Waals surface area contributed by atoms with Crippen molar-refractivity contribution in [3.8, 4) is 0 Å². The van der Waals surface area contributed by atoms with Gasteiger partial charge in [-0.15, -0.1) is 0 Å². The number of nitrogens with zero attached hydrogens (tertiary/aromatic N) is 1. The first-order valence-corrected chi connectivity index (χ1v) is 7.27. The summed E-state index contributed by atoms with van der Waals surface area (Å²) in [5, 5.41) is 9.29. The van der Waals surface area contributed by atoms with Crippen molar-refractivity contribution >= 4 is 11.9 Å². The second-order valence-corrected chi connectivity index (χ2v) is 7.14. The molecule has 1 heterocycles. The quantitative estimate of drug-likeness (QED) is 0.910. The number of hydrogen-bond acceptors (Lipinski definition) is 2. The molecule has 114 valence electrons. The molecular weight excluding hydrogens is 266 g/mol. The van der Waals surface area contributed by atoms with Crippen LogP contribution in [-0.4, -0.2) is 35.0 Å². The maximum absolute atomic E-state index is 12.8. The van der Waals surface area contributed by atoms with Gasteiger partial charge in [-0.2, -0.15) is 0 Å². The number of hydrogen-bond donors (Lipinski definition) is 1. The van der Waals surface area contributed by atoms with Gasteiger partial charge in [0.15, 0.2) is 0 Å². The van der Waals surface area contributed by atoms with Gasteiger partial charge in [0.05, 0.1) is 5.41 Å². The number of rotatable bonds is 2. The van der Waals surface area contributed by atoms with Gasteiger partial charge in [-0.05, 0) is 30.4 Å². The normalized spacial score (nSPS) is 22.4. The molecule has 1 saturated heterocycles. The molecule has 1 fully saturated rings. The highest BCUT2D eigenvalue weighted by Gasteiger charge is 2.42. The third-order valence-corrected chi connectivity index (χ3v) is 4.24. The molecule has 0 bridgehead atoms. The number of aliphatic carboxylic acids is 1. The summed E-state index contributed by atoms with van der Waals surface area (Å²) < 4.78 is 0. The molecule has 4 nitrogen and oxygen atoms in total. The lowest BCUT2D eigenvalue weighted by Gasteiger charge is -2.25. The highest BCUT2D eigenvalue weighted by molar-refractivity contribution is 5.96. The molecule has 1 aliphatic rings. The minimum atomic E-state index is -0.832. The molecule has 2 rings (SSSR count). The predicted octanol–water partition coefficient (Wildman–Crippen LogP) is 2.92. The number of carboxylic acids is 1. The predicted molar refractivity (Wildman–Crippen MR) is 81.4 cm³/mol. The van der Waals surface area contributed by atoms with Crippen molar-refractivity contribution in [3.63, 3.8) is 0 Å². The first kappa shape index (κ1) is 15.5. The summed E-state index contributed by atoms with van der Waals surface area (Å²) >= 11 is 0. The fourth-order valence-electron chi connectivity index (χ4n) is 2.80. The molecule has 1 aromatic carbocycles. The van der Waals surface area contributed by atoms with Gasteiger partial charge in [-0.3, -0.25) is 9.59 Å². The van der Waals surface area contributed by atoms with Crippen LogP contribution in [0, 0.1) is 5.41 Å². The number of carbonyl (C=O) groups is 2. The third-order valence-electron chi connectivity index (χ3n) is 4.24. The molecule has 0 saturated carbocycles. The maximum Gasteiger partial charge on any atom is 0.311 e. The van der Waals surface area contributed by atoms with Gasteiger partial charge in [-0.25, -0.2) is 0 Å². The number of likely N-dealkylation sites (tertiary alicyclic amines) is 1. The van der Waals surface area contributed by atoms with Gasteiger partial charge in [0.25, 0.3) is 5.91 Å². The lowest BCUT2D eigenvalue weighted by Crippen LogP contribution is -2.35. The van der Waals surface area contributed by atoms with Crippen LogP contribution in [0.25, 0.3) is 0 Å². The Labute approximate surface area is 125 Å². The minimum Gasteiger partial charge on any atom is -0.481 e. The van der Waals surface area contributed by atoms with Crippen LogP contribution in [0.4, 0.5) is 0 Å². The average molecular weight is 289 g/mol. The number of benzene rings is 1. The summed E-state index contributed by atoms with van der Waals surface area (Å²) in [6.45, 7) is 8.71. The molecule has 21 heavy (non-hydrogen) atoms. The smallest absolute Gasteiger partial charge is 0.311 e. The Morgan fingerprint density at radius 1 is 1.24 bits per heavy atom. The number of amides is 1. The number of carboxylic acid groups (broad SMARTS) is 1. The van der Waals surface area contributed by atoms with Gasteiger partial charge in [0.2, 0.25) is 0 Å². The molecule has 1 atom stereocenters. The second-order valence-electron chi connectivity index (χ2n) is 7.14. The van der Waals surface area contributed by atoms with Crippen LogP contribution in [-0.2, 0) is 10.2 Å². The lowest BCUT2D eigenvalue weighted by molar-refractivity contribution is -0.147. The molecule has 0 unspecified atom stereocenters. The summed E-state index contributed by atoms with van der Waals surface area (Å²) in [5.74, 6) is -0.896. The zero-order valence-electron chi connectivity index (χ0n) is 13.1. The molecule has 1 N–H and O–H groups in total. The van der Waals surface area contributed by atoms with Crippen LogP contribution >= 0.6 is 0 Å². The van der Waals surface area contributed by atoms with E-state index in [1.165, 1.54) is 0 Å². The van der Waals surface area contributed by atoms with Crippen molar-refractivity contribution < 1.29 is 14.7 Å². The summed E-state index contributed by atoms with van der Waals surface area (Å²) in [5.41, 5.74) is 0.729. The molecule has 4 heteroatoms. The van der Waals surface area contributed by atoms with Crippen LogP contribution in [0.15, 0.2) is 24.3 Å². The standard InChI is InChI=1S/C17H23NO3/c1-16(2,3)13-8-6-5-7-12(13)14(19)18-10-9-17(4,11-18)15(20)21/h5-8H,9-11H2,1-4H3,(H,20,21)/t17-/m1/s1. The van der Waals surface area contributed by atoms with E-state index >= 15 is 0 Å². The van der Waals surface area contributed by atoms with Gasteiger partial charge < -0.3 is 10.0 Å². The third kappa shape index (κ3) is 2.94. The van der Waals surface area contributed by atoms with E-state index in [9.17, 15) is 14.7 Å². The van der Waals surface area contributed by atoms with Crippen molar-refractivity contribution in [1.29, 1.82) is 0 Å². The monoisotopic (exact) mass is 289 g/mol. The van der Waals surface area contributed by atoms with Gasteiger partial charge in [-0.1, -0.05) is 39.0 Å².